The Kier molecular flexibility index (Phi) is 9.80. The fraction of sp³-hybridized carbons (Fsp3) is 0.520. The molecule has 0 saturated carbocycles. The third kappa shape index (κ3) is 7.02. The van der Waals surface area contributed by atoms with Crippen LogP contribution in [-0.4, -0.2) is 77.8 Å². The third-order valence-corrected chi connectivity index (χ3v) is 7.00. The molecule has 1 aromatic carbocycles. The molecular weight excluding hydrogens is 480 g/mol. The monoisotopic (exact) mass is 516 g/mol. The van der Waals surface area contributed by atoms with E-state index in [-0.39, 0.29) is 28.7 Å². The van der Waals surface area contributed by atoms with Gasteiger partial charge in [-0.1, -0.05) is 43.7 Å². The van der Waals surface area contributed by atoms with Crippen molar-refractivity contribution in [3.05, 3.63) is 46.0 Å². The molecule has 1 aliphatic rings. The van der Waals surface area contributed by atoms with Gasteiger partial charge in [0.25, 0.3) is 11.8 Å². The molecule has 1 atom stereocenters. The zero-order valence-corrected chi connectivity index (χ0v) is 22.0. The summed E-state index contributed by atoms with van der Waals surface area (Å²) in [5, 5.41) is 3.01. The number of nitrogens with one attached hydrogen (secondary N) is 1. The van der Waals surface area contributed by atoms with E-state index in [4.69, 9.17) is 16.2 Å². The maximum Gasteiger partial charge on any atom is 0.270 e. The Labute approximate surface area is 216 Å². The van der Waals surface area contributed by atoms with Gasteiger partial charge in [-0.05, 0) is 36.4 Å². The molecule has 0 bridgehead atoms. The number of aryl methyl sites for hydroxylation is 1. The van der Waals surface area contributed by atoms with Gasteiger partial charge in [0.2, 0.25) is 5.91 Å². The van der Waals surface area contributed by atoms with Gasteiger partial charge in [0.15, 0.2) is 5.69 Å². The molecule has 196 valence electrons. The first-order chi connectivity index (χ1) is 17.2. The first-order valence-corrected chi connectivity index (χ1v) is 13.0. The highest BCUT2D eigenvalue weighted by atomic mass is 32.1. The van der Waals surface area contributed by atoms with E-state index in [1.807, 2.05) is 31.2 Å². The maximum absolute atomic E-state index is 13.9. The summed E-state index contributed by atoms with van der Waals surface area (Å²) < 4.78 is 9.43. The van der Waals surface area contributed by atoms with Crippen LogP contribution in [0.1, 0.15) is 57.6 Å². The molecule has 10 nitrogen and oxygen atoms in total. The second kappa shape index (κ2) is 12.8. The number of carbonyl (C=O) groups is 3. The van der Waals surface area contributed by atoms with Crippen LogP contribution in [0.2, 0.25) is 0 Å². The van der Waals surface area contributed by atoms with Gasteiger partial charge in [-0.15, -0.1) is 0 Å². The zero-order chi connectivity index (χ0) is 26.2. The van der Waals surface area contributed by atoms with Crippen molar-refractivity contribution in [1.29, 1.82) is 0 Å². The first-order valence-electron chi connectivity index (χ1n) is 12.2. The van der Waals surface area contributed by atoms with E-state index in [1.165, 1.54) is 4.90 Å². The van der Waals surface area contributed by atoms with Gasteiger partial charge in [0, 0.05) is 32.7 Å². The molecule has 11 heteroatoms. The summed E-state index contributed by atoms with van der Waals surface area (Å²) >= 11 is 0.819. The van der Waals surface area contributed by atoms with Crippen molar-refractivity contribution in [3.63, 3.8) is 0 Å². The van der Waals surface area contributed by atoms with Gasteiger partial charge >= 0.3 is 0 Å². The average molecular weight is 517 g/mol. The Morgan fingerprint density at radius 1 is 1.19 bits per heavy atom. The number of carbonyl (C=O) groups excluding carboxylic acids is 3. The minimum absolute atomic E-state index is 0.0586. The van der Waals surface area contributed by atoms with Gasteiger partial charge < -0.3 is 26.4 Å². The lowest BCUT2D eigenvalue weighted by Gasteiger charge is -2.34. The molecular formula is C25H36N6O4S. The van der Waals surface area contributed by atoms with Crippen LogP contribution in [0.4, 0.5) is 5.69 Å². The second-order valence-electron chi connectivity index (χ2n) is 9.38. The van der Waals surface area contributed by atoms with Crippen LogP contribution < -0.4 is 16.8 Å². The SMILES string of the molecule is Cc1ccc(C(C(=O)NCCC(C)C)N(CCN2CCOCC2)C(=O)c2snc(C(N)=O)c2N)cc1. The third-order valence-electron chi connectivity index (χ3n) is 6.15. The zero-order valence-electron chi connectivity index (χ0n) is 21.2. The van der Waals surface area contributed by atoms with Crippen molar-refractivity contribution in [2.75, 3.05) is 51.7 Å². The van der Waals surface area contributed by atoms with Gasteiger partial charge in [-0.2, -0.15) is 4.37 Å². The van der Waals surface area contributed by atoms with E-state index in [0.29, 0.717) is 37.8 Å². The summed E-state index contributed by atoms with van der Waals surface area (Å²) in [6, 6.07) is 6.68. The van der Waals surface area contributed by atoms with Crippen molar-refractivity contribution in [1.82, 2.24) is 19.5 Å². The highest BCUT2D eigenvalue weighted by Gasteiger charge is 2.35. The average Bonchev–Trinajstić information content (AvgIpc) is 3.24. The molecule has 36 heavy (non-hydrogen) atoms. The van der Waals surface area contributed by atoms with Crippen LogP contribution in [0.5, 0.6) is 0 Å². The van der Waals surface area contributed by atoms with Crippen molar-refractivity contribution in [3.8, 4) is 0 Å². The number of nitrogens with zero attached hydrogens (tertiary/aromatic N) is 3. The maximum atomic E-state index is 13.9. The molecule has 0 spiro atoms. The lowest BCUT2D eigenvalue weighted by atomic mass is 10.0. The largest absolute Gasteiger partial charge is 0.395 e. The molecule has 1 saturated heterocycles. The van der Waals surface area contributed by atoms with Crippen LogP contribution in [0.3, 0.4) is 0 Å². The van der Waals surface area contributed by atoms with Crippen LogP contribution in [-0.2, 0) is 9.53 Å². The molecule has 2 aromatic rings. The lowest BCUT2D eigenvalue weighted by molar-refractivity contribution is -0.126. The van der Waals surface area contributed by atoms with E-state index >= 15 is 0 Å². The van der Waals surface area contributed by atoms with E-state index < -0.39 is 17.9 Å². The molecule has 2 heterocycles. The smallest absolute Gasteiger partial charge is 0.270 e. The summed E-state index contributed by atoms with van der Waals surface area (Å²) in [5.41, 5.74) is 13.0. The molecule has 1 aromatic heterocycles. The van der Waals surface area contributed by atoms with Crippen LogP contribution in [0, 0.1) is 12.8 Å². The van der Waals surface area contributed by atoms with Crippen molar-refractivity contribution < 1.29 is 19.1 Å². The van der Waals surface area contributed by atoms with Crippen molar-refractivity contribution in [2.45, 2.75) is 33.2 Å². The molecule has 1 fully saturated rings. The summed E-state index contributed by atoms with van der Waals surface area (Å²) in [4.78, 5) is 43.0. The normalized spacial score (nSPS) is 15.0. The summed E-state index contributed by atoms with van der Waals surface area (Å²) in [6.07, 6.45) is 0.817. The van der Waals surface area contributed by atoms with Crippen molar-refractivity contribution >= 4 is 34.9 Å². The minimum Gasteiger partial charge on any atom is -0.395 e. The number of rotatable bonds is 11. The van der Waals surface area contributed by atoms with E-state index in [1.54, 1.807) is 0 Å². The minimum atomic E-state index is -0.884. The number of anilines is 1. The van der Waals surface area contributed by atoms with Crippen LogP contribution >= 0.6 is 11.5 Å². The van der Waals surface area contributed by atoms with E-state index in [9.17, 15) is 14.4 Å². The molecule has 0 radical (unpaired) electrons. The molecule has 1 aliphatic heterocycles. The highest BCUT2D eigenvalue weighted by molar-refractivity contribution is 7.09. The van der Waals surface area contributed by atoms with E-state index in [2.05, 4.69) is 28.4 Å². The lowest BCUT2D eigenvalue weighted by Crippen LogP contribution is -2.48. The number of benzene rings is 1. The Morgan fingerprint density at radius 2 is 1.86 bits per heavy atom. The number of morpholine rings is 1. The van der Waals surface area contributed by atoms with Crippen LogP contribution in [0.15, 0.2) is 24.3 Å². The quantitative estimate of drug-likeness (QED) is 0.413. The summed E-state index contributed by atoms with van der Waals surface area (Å²) in [7, 11) is 0. The number of aromatic nitrogens is 1. The second-order valence-corrected chi connectivity index (χ2v) is 10.2. The molecule has 5 N–H and O–H groups in total. The topological polar surface area (TPSA) is 144 Å². The molecule has 0 aliphatic carbocycles. The predicted molar refractivity (Wildman–Crippen MR) is 140 cm³/mol. The molecule has 3 rings (SSSR count). The number of hydrogen-bond donors (Lipinski definition) is 3. The fourth-order valence-electron chi connectivity index (χ4n) is 3.98. The van der Waals surface area contributed by atoms with Gasteiger partial charge in [0.1, 0.15) is 10.9 Å². The Morgan fingerprint density at radius 3 is 2.44 bits per heavy atom. The van der Waals surface area contributed by atoms with Crippen LogP contribution in [0.25, 0.3) is 0 Å². The fourth-order valence-corrected chi connectivity index (χ4v) is 4.74. The Bertz CT molecular complexity index is 1050. The van der Waals surface area contributed by atoms with Crippen molar-refractivity contribution in [2.24, 2.45) is 11.7 Å². The number of amides is 3. The Hall–Kier alpha value is -3.02. The summed E-state index contributed by atoms with van der Waals surface area (Å²) in [6.45, 7) is 10.2. The Balaban J connectivity index is 1.98. The standard InChI is InChI=1S/C25H36N6O4S/c1-16(2)8-9-28-24(33)21(18-6-4-17(3)5-7-18)31(11-10-30-12-14-35-15-13-30)25(34)22-19(26)20(23(27)32)29-36-22/h4-7,16,21H,8-15,26H2,1-3H3,(H2,27,32)(H,28,33). The summed E-state index contributed by atoms with van der Waals surface area (Å²) in [5.74, 6) is -1.11. The molecule has 1 unspecified atom stereocenters. The number of primary amides is 1. The number of nitrogens with two attached hydrogens (primary N) is 2. The van der Waals surface area contributed by atoms with E-state index in [0.717, 1.165) is 36.6 Å². The molecule has 3 amide bonds. The van der Waals surface area contributed by atoms with Gasteiger partial charge in [-0.25, -0.2) is 0 Å². The number of ether oxygens (including phenoxy) is 1. The number of nitrogen functional groups attached to an aromatic ring is 1. The number of hydrogen-bond acceptors (Lipinski definition) is 8. The predicted octanol–water partition coefficient (Wildman–Crippen LogP) is 1.81. The van der Waals surface area contributed by atoms with Gasteiger partial charge in [0.05, 0.1) is 18.9 Å². The highest BCUT2D eigenvalue weighted by Crippen LogP contribution is 2.29. The first kappa shape index (κ1) is 27.6. The van der Waals surface area contributed by atoms with Gasteiger partial charge in [-0.3, -0.25) is 19.3 Å².